The zero-order valence-electron chi connectivity index (χ0n) is 10.6. The third kappa shape index (κ3) is 4.21. The van der Waals surface area contributed by atoms with Crippen LogP contribution in [-0.2, 0) is 9.59 Å². The number of unbranched alkanes of at least 4 members (excludes halogenated alkanes) is 4. The molecule has 0 fully saturated rings. The molecule has 0 aromatic rings. The van der Waals surface area contributed by atoms with Crippen LogP contribution in [0, 0.1) is 5.41 Å². The first kappa shape index (κ1) is 14.9. The molecule has 0 aliphatic rings. The molecule has 0 saturated heterocycles. The van der Waals surface area contributed by atoms with Crippen molar-refractivity contribution in [3.8, 4) is 0 Å². The molecule has 0 aromatic heterocycles. The van der Waals surface area contributed by atoms with Gasteiger partial charge in [-0.3, -0.25) is 9.59 Å². The van der Waals surface area contributed by atoms with Crippen molar-refractivity contribution >= 4 is 11.8 Å². The summed E-state index contributed by atoms with van der Waals surface area (Å²) in [4.78, 5) is 22.9. The summed E-state index contributed by atoms with van der Waals surface area (Å²) in [5, 5.41) is 2.50. The molecule has 0 aromatic carbocycles. The lowest BCUT2D eigenvalue weighted by atomic mass is 9.83. The Morgan fingerprint density at radius 3 is 2.19 bits per heavy atom. The van der Waals surface area contributed by atoms with Crippen molar-refractivity contribution in [2.45, 2.75) is 52.4 Å². The SMILES string of the molecule is CCCCCCCC(C)(C(N)=O)C(=O)NC. The minimum Gasteiger partial charge on any atom is -0.369 e. The van der Waals surface area contributed by atoms with E-state index in [4.69, 9.17) is 5.73 Å². The number of hydrogen-bond donors (Lipinski definition) is 2. The van der Waals surface area contributed by atoms with Gasteiger partial charge < -0.3 is 11.1 Å². The van der Waals surface area contributed by atoms with E-state index in [1.165, 1.54) is 19.9 Å². The predicted molar refractivity (Wildman–Crippen MR) is 64.7 cm³/mol. The minimum atomic E-state index is -1.05. The van der Waals surface area contributed by atoms with Crippen LogP contribution < -0.4 is 11.1 Å². The number of carbonyl (C=O) groups excluding carboxylic acids is 2. The summed E-state index contributed by atoms with van der Waals surface area (Å²) < 4.78 is 0. The van der Waals surface area contributed by atoms with Crippen molar-refractivity contribution in [3.05, 3.63) is 0 Å². The average molecular weight is 228 g/mol. The summed E-state index contributed by atoms with van der Waals surface area (Å²) in [6, 6.07) is 0. The van der Waals surface area contributed by atoms with Gasteiger partial charge in [-0.15, -0.1) is 0 Å². The highest BCUT2D eigenvalue weighted by Crippen LogP contribution is 2.24. The van der Waals surface area contributed by atoms with Crippen molar-refractivity contribution in [1.29, 1.82) is 0 Å². The van der Waals surface area contributed by atoms with Gasteiger partial charge in [0.25, 0.3) is 0 Å². The van der Waals surface area contributed by atoms with E-state index in [0.717, 1.165) is 19.3 Å². The van der Waals surface area contributed by atoms with Gasteiger partial charge in [0.2, 0.25) is 11.8 Å². The fourth-order valence-corrected chi connectivity index (χ4v) is 1.71. The zero-order chi connectivity index (χ0) is 12.6. The Hall–Kier alpha value is -1.06. The molecule has 16 heavy (non-hydrogen) atoms. The maximum absolute atomic E-state index is 11.6. The van der Waals surface area contributed by atoms with Crippen molar-refractivity contribution in [3.63, 3.8) is 0 Å². The molecule has 1 atom stereocenters. The Morgan fingerprint density at radius 1 is 1.19 bits per heavy atom. The normalized spacial score (nSPS) is 14.2. The summed E-state index contributed by atoms with van der Waals surface area (Å²) in [7, 11) is 1.53. The van der Waals surface area contributed by atoms with Crippen LogP contribution in [0.15, 0.2) is 0 Å². The van der Waals surface area contributed by atoms with Crippen molar-refractivity contribution in [1.82, 2.24) is 5.32 Å². The lowest BCUT2D eigenvalue weighted by Gasteiger charge is -2.23. The smallest absolute Gasteiger partial charge is 0.235 e. The van der Waals surface area contributed by atoms with Crippen LogP contribution in [0.3, 0.4) is 0 Å². The topological polar surface area (TPSA) is 72.2 Å². The average Bonchev–Trinajstić information content (AvgIpc) is 2.27. The molecule has 0 rings (SSSR count). The van der Waals surface area contributed by atoms with E-state index in [2.05, 4.69) is 12.2 Å². The maximum Gasteiger partial charge on any atom is 0.235 e. The zero-order valence-corrected chi connectivity index (χ0v) is 10.6. The number of amides is 2. The Labute approximate surface area is 98.0 Å². The molecule has 4 nitrogen and oxygen atoms in total. The van der Waals surface area contributed by atoms with Crippen LogP contribution >= 0.6 is 0 Å². The highest BCUT2D eigenvalue weighted by molar-refractivity contribution is 6.03. The summed E-state index contributed by atoms with van der Waals surface area (Å²) in [6.07, 6.45) is 5.99. The molecule has 0 bridgehead atoms. The van der Waals surface area contributed by atoms with Gasteiger partial charge in [0.15, 0.2) is 0 Å². The molecule has 4 heteroatoms. The number of nitrogens with two attached hydrogens (primary N) is 1. The molecule has 0 spiro atoms. The van der Waals surface area contributed by atoms with Gasteiger partial charge in [-0.05, 0) is 13.3 Å². The Balaban J connectivity index is 4.14. The molecular weight excluding hydrogens is 204 g/mol. The lowest BCUT2D eigenvalue weighted by Crippen LogP contribution is -2.46. The van der Waals surface area contributed by atoms with Crippen LogP contribution in [0.25, 0.3) is 0 Å². The molecule has 1 unspecified atom stereocenters. The highest BCUT2D eigenvalue weighted by atomic mass is 16.2. The maximum atomic E-state index is 11.6. The van der Waals surface area contributed by atoms with Gasteiger partial charge in [0.1, 0.15) is 5.41 Å². The molecule has 2 amide bonds. The molecule has 0 aliphatic heterocycles. The number of rotatable bonds is 8. The van der Waals surface area contributed by atoms with E-state index in [1.807, 2.05) is 0 Å². The Morgan fingerprint density at radius 2 is 1.75 bits per heavy atom. The fraction of sp³-hybridized carbons (Fsp3) is 0.833. The molecular formula is C12H24N2O2. The first-order chi connectivity index (χ1) is 7.49. The van der Waals surface area contributed by atoms with Crippen LogP contribution in [0.4, 0.5) is 0 Å². The first-order valence-corrected chi connectivity index (χ1v) is 6.01. The molecule has 0 radical (unpaired) electrons. The van der Waals surface area contributed by atoms with E-state index < -0.39 is 11.3 Å². The first-order valence-electron chi connectivity index (χ1n) is 6.01. The van der Waals surface area contributed by atoms with Crippen molar-refractivity contribution < 1.29 is 9.59 Å². The van der Waals surface area contributed by atoms with Crippen molar-refractivity contribution in [2.75, 3.05) is 7.05 Å². The predicted octanol–water partition coefficient (Wildman–Crippen LogP) is 1.58. The van der Waals surface area contributed by atoms with E-state index in [-0.39, 0.29) is 5.91 Å². The molecule has 3 N–H and O–H groups in total. The van der Waals surface area contributed by atoms with Gasteiger partial charge >= 0.3 is 0 Å². The van der Waals surface area contributed by atoms with E-state index in [0.29, 0.717) is 6.42 Å². The quantitative estimate of drug-likeness (QED) is 0.489. The molecule has 0 aliphatic carbocycles. The second-order valence-corrected chi connectivity index (χ2v) is 4.44. The summed E-state index contributed by atoms with van der Waals surface area (Å²) in [5.74, 6) is -0.821. The van der Waals surface area contributed by atoms with Gasteiger partial charge in [0.05, 0.1) is 0 Å². The second kappa shape index (κ2) is 7.25. The van der Waals surface area contributed by atoms with Crippen LogP contribution in [0.1, 0.15) is 52.4 Å². The molecule has 94 valence electrons. The van der Waals surface area contributed by atoms with Gasteiger partial charge in [-0.2, -0.15) is 0 Å². The monoisotopic (exact) mass is 228 g/mol. The second-order valence-electron chi connectivity index (χ2n) is 4.44. The van der Waals surface area contributed by atoms with Crippen LogP contribution in [0.5, 0.6) is 0 Å². The third-order valence-corrected chi connectivity index (χ3v) is 3.05. The molecule has 0 saturated carbocycles. The van der Waals surface area contributed by atoms with Crippen LogP contribution in [0.2, 0.25) is 0 Å². The summed E-state index contributed by atoms with van der Waals surface area (Å²) >= 11 is 0. The Kier molecular flexibility index (Phi) is 6.77. The largest absolute Gasteiger partial charge is 0.369 e. The van der Waals surface area contributed by atoms with Crippen LogP contribution in [-0.4, -0.2) is 18.9 Å². The lowest BCUT2D eigenvalue weighted by molar-refractivity contribution is -0.140. The highest BCUT2D eigenvalue weighted by Gasteiger charge is 2.37. The Bertz CT molecular complexity index is 241. The third-order valence-electron chi connectivity index (χ3n) is 3.05. The standard InChI is InChI=1S/C12H24N2O2/c1-4-5-6-7-8-9-12(2,10(13)15)11(16)14-3/h4-9H2,1-3H3,(H2,13,15)(H,14,16). The van der Waals surface area contributed by atoms with Gasteiger partial charge in [0, 0.05) is 7.05 Å². The van der Waals surface area contributed by atoms with Gasteiger partial charge in [-0.25, -0.2) is 0 Å². The minimum absolute atomic E-state index is 0.282. The van der Waals surface area contributed by atoms with Crippen molar-refractivity contribution in [2.24, 2.45) is 11.1 Å². The summed E-state index contributed by atoms with van der Waals surface area (Å²) in [5.41, 5.74) is 4.23. The number of primary amides is 1. The van der Waals surface area contributed by atoms with E-state index in [1.54, 1.807) is 6.92 Å². The number of carbonyl (C=O) groups is 2. The summed E-state index contributed by atoms with van der Waals surface area (Å²) in [6.45, 7) is 3.77. The van der Waals surface area contributed by atoms with E-state index >= 15 is 0 Å². The van der Waals surface area contributed by atoms with E-state index in [9.17, 15) is 9.59 Å². The van der Waals surface area contributed by atoms with Gasteiger partial charge in [-0.1, -0.05) is 39.0 Å². The number of nitrogens with one attached hydrogen (secondary N) is 1. The number of hydrogen-bond acceptors (Lipinski definition) is 2. The fourth-order valence-electron chi connectivity index (χ4n) is 1.71. The molecule has 0 heterocycles.